The number of ether oxygens (including phenoxy) is 2. The van der Waals surface area contributed by atoms with Crippen LogP contribution in [0.15, 0.2) is 0 Å². The van der Waals surface area contributed by atoms with Gasteiger partial charge >= 0.3 is 5.97 Å². The lowest BCUT2D eigenvalue weighted by Crippen LogP contribution is -2.54. The van der Waals surface area contributed by atoms with Crippen LogP contribution in [0.25, 0.3) is 0 Å². The fourth-order valence-corrected chi connectivity index (χ4v) is 7.48. The normalized spacial score (nSPS) is 53.8. The Hall–Kier alpha value is -0.260. The molecular formula is C19H29NO3S. The summed E-state index contributed by atoms with van der Waals surface area (Å²) in [7, 11) is 0. The highest BCUT2D eigenvalue weighted by molar-refractivity contribution is 7.99. The maximum Gasteiger partial charge on any atom is 0.311 e. The molecule has 0 aromatic carbocycles. The number of esters is 1. The highest BCUT2D eigenvalue weighted by atomic mass is 32.2. The number of carbonyl (C=O) groups excluding carboxylic acids is 1. The van der Waals surface area contributed by atoms with Gasteiger partial charge in [-0.2, -0.15) is 11.8 Å². The summed E-state index contributed by atoms with van der Waals surface area (Å²) in [5.41, 5.74) is 0.240. The van der Waals surface area contributed by atoms with Gasteiger partial charge in [-0.25, -0.2) is 0 Å². The lowest BCUT2D eigenvalue weighted by molar-refractivity contribution is -0.146. The van der Waals surface area contributed by atoms with Gasteiger partial charge in [0, 0.05) is 42.5 Å². The summed E-state index contributed by atoms with van der Waals surface area (Å²) in [5, 5.41) is 0. The zero-order chi connectivity index (χ0) is 16.5. The van der Waals surface area contributed by atoms with Crippen LogP contribution >= 0.6 is 11.8 Å². The SMILES string of the molecule is C[C@H]1CCC[C@]2(C)C[C@H]3OC(=O)C(CN4CCSCC4)[C@H]3[C@@H]3O[C@@]132. The average molecular weight is 352 g/mol. The standard InChI is InChI=1S/C19H29NO3S/c1-12-4-3-5-18(2)10-14-15(16-19(12,18)23-16)13(17(21)22-14)11-20-6-8-24-9-7-20/h12-16H,3-11H2,1-2H3/t12-,13?,14+,15+,16-,18+,19-/m0/s1. The molecule has 3 heterocycles. The van der Waals surface area contributed by atoms with Crippen molar-refractivity contribution in [2.45, 2.75) is 57.3 Å². The second kappa shape index (κ2) is 5.37. The van der Waals surface area contributed by atoms with Crippen molar-refractivity contribution in [3.8, 4) is 0 Å². The molecule has 5 rings (SSSR count). The topological polar surface area (TPSA) is 42.1 Å². The highest BCUT2D eigenvalue weighted by Crippen LogP contribution is 2.70. The van der Waals surface area contributed by atoms with E-state index in [1.807, 2.05) is 11.8 Å². The fraction of sp³-hybridized carbons (Fsp3) is 0.947. The Bertz CT molecular complexity index is 551. The minimum atomic E-state index is 0.0288. The summed E-state index contributed by atoms with van der Waals surface area (Å²) in [4.78, 5) is 15.1. The number of carbonyl (C=O) groups is 1. The number of epoxide rings is 1. The molecule has 2 aliphatic carbocycles. The van der Waals surface area contributed by atoms with Gasteiger partial charge in [0.1, 0.15) is 11.7 Å². The first-order valence-corrected chi connectivity index (χ1v) is 10.9. The monoisotopic (exact) mass is 351 g/mol. The maximum absolute atomic E-state index is 12.7. The minimum Gasteiger partial charge on any atom is -0.462 e. The van der Waals surface area contributed by atoms with Gasteiger partial charge in [-0.3, -0.25) is 4.79 Å². The first-order valence-electron chi connectivity index (χ1n) is 9.74. The molecule has 0 radical (unpaired) electrons. The van der Waals surface area contributed by atoms with Crippen molar-refractivity contribution in [3.63, 3.8) is 0 Å². The van der Waals surface area contributed by atoms with Crippen molar-refractivity contribution in [2.75, 3.05) is 31.1 Å². The third-order valence-corrected chi connectivity index (χ3v) is 8.70. The van der Waals surface area contributed by atoms with Gasteiger partial charge in [-0.15, -0.1) is 0 Å². The molecule has 0 aromatic heterocycles. The predicted octanol–water partition coefficient (Wildman–Crippen LogP) is 2.56. The molecule has 134 valence electrons. The van der Waals surface area contributed by atoms with Crippen molar-refractivity contribution >= 4 is 17.7 Å². The summed E-state index contributed by atoms with van der Waals surface area (Å²) in [5.74, 6) is 3.36. The van der Waals surface area contributed by atoms with E-state index in [4.69, 9.17) is 9.47 Å². The van der Waals surface area contributed by atoms with Gasteiger partial charge in [0.25, 0.3) is 0 Å². The molecule has 5 aliphatic rings. The second-order valence-corrected chi connectivity index (χ2v) is 10.2. The molecule has 0 aromatic rings. The Labute approximate surface area is 149 Å². The Morgan fingerprint density at radius 1 is 1.33 bits per heavy atom. The van der Waals surface area contributed by atoms with Crippen LogP contribution in [0.1, 0.15) is 39.5 Å². The Morgan fingerprint density at radius 3 is 2.92 bits per heavy atom. The van der Waals surface area contributed by atoms with Crippen molar-refractivity contribution in [1.29, 1.82) is 0 Å². The molecule has 3 saturated heterocycles. The van der Waals surface area contributed by atoms with Crippen molar-refractivity contribution in [3.05, 3.63) is 0 Å². The van der Waals surface area contributed by atoms with E-state index in [-0.39, 0.29) is 35.1 Å². The summed E-state index contributed by atoms with van der Waals surface area (Å²) in [6, 6.07) is 0. The first-order chi connectivity index (χ1) is 11.6. The van der Waals surface area contributed by atoms with Gasteiger partial charge in [-0.05, 0) is 25.2 Å². The van der Waals surface area contributed by atoms with Gasteiger partial charge in [-0.1, -0.05) is 20.3 Å². The molecule has 24 heavy (non-hydrogen) atoms. The number of fused-ring (bicyclic) bond motifs is 2. The molecule has 5 fully saturated rings. The molecule has 3 aliphatic heterocycles. The summed E-state index contributed by atoms with van der Waals surface area (Å²) >= 11 is 2.02. The molecule has 2 saturated carbocycles. The van der Waals surface area contributed by atoms with E-state index >= 15 is 0 Å². The van der Waals surface area contributed by atoms with Crippen LogP contribution in [0.3, 0.4) is 0 Å². The van der Waals surface area contributed by atoms with E-state index in [0.717, 1.165) is 26.1 Å². The zero-order valence-electron chi connectivity index (χ0n) is 14.8. The van der Waals surface area contributed by atoms with Gasteiger partial charge in [0.2, 0.25) is 0 Å². The van der Waals surface area contributed by atoms with E-state index < -0.39 is 0 Å². The smallest absolute Gasteiger partial charge is 0.311 e. The summed E-state index contributed by atoms with van der Waals surface area (Å²) in [6.45, 7) is 7.85. The average Bonchev–Trinajstić information content (AvgIpc) is 3.24. The Balaban J connectivity index is 1.40. The molecule has 0 amide bonds. The number of rotatable bonds is 2. The largest absolute Gasteiger partial charge is 0.462 e. The lowest BCUT2D eigenvalue weighted by Gasteiger charge is -2.49. The number of hydrogen-bond acceptors (Lipinski definition) is 5. The molecule has 1 unspecified atom stereocenters. The maximum atomic E-state index is 12.7. The van der Waals surface area contributed by atoms with E-state index in [9.17, 15) is 4.79 Å². The van der Waals surface area contributed by atoms with Crippen LogP contribution in [0, 0.1) is 23.2 Å². The first kappa shape index (κ1) is 16.0. The lowest BCUT2D eigenvalue weighted by atomic mass is 9.53. The van der Waals surface area contributed by atoms with E-state index in [1.165, 1.54) is 30.8 Å². The molecule has 4 nitrogen and oxygen atoms in total. The van der Waals surface area contributed by atoms with Crippen molar-refractivity contribution in [2.24, 2.45) is 23.2 Å². The highest BCUT2D eigenvalue weighted by Gasteiger charge is 2.78. The third-order valence-electron chi connectivity index (χ3n) is 7.75. The molecule has 5 heteroatoms. The van der Waals surface area contributed by atoms with Crippen LogP contribution < -0.4 is 0 Å². The van der Waals surface area contributed by atoms with Crippen LogP contribution in [0.4, 0.5) is 0 Å². The second-order valence-electron chi connectivity index (χ2n) is 8.96. The zero-order valence-corrected chi connectivity index (χ0v) is 15.6. The number of hydrogen-bond donors (Lipinski definition) is 0. The molecule has 0 bridgehead atoms. The van der Waals surface area contributed by atoms with Gasteiger partial charge in [0.05, 0.1) is 12.0 Å². The van der Waals surface area contributed by atoms with Crippen LogP contribution in [-0.2, 0) is 14.3 Å². The van der Waals surface area contributed by atoms with Crippen molar-refractivity contribution in [1.82, 2.24) is 4.90 Å². The minimum absolute atomic E-state index is 0.0288. The predicted molar refractivity (Wildman–Crippen MR) is 94.0 cm³/mol. The van der Waals surface area contributed by atoms with Crippen molar-refractivity contribution < 1.29 is 14.3 Å². The van der Waals surface area contributed by atoms with Crippen LogP contribution in [0.5, 0.6) is 0 Å². The van der Waals surface area contributed by atoms with Gasteiger partial charge < -0.3 is 14.4 Å². The summed E-state index contributed by atoms with van der Waals surface area (Å²) in [6.07, 6.45) is 5.14. The number of nitrogens with zero attached hydrogens (tertiary/aromatic N) is 1. The Morgan fingerprint density at radius 2 is 2.12 bits per heavy atom. The quantitative estimate of drug-likeness (QED) is 0.565. The molecule has 0 N–H and O–H groups in total. The van der Waals surface area contributed by atoms with Crippen LogP contribution in [-0.4, -0.2) is 59.8 Å². The Kier molecular flexibility index (Phi) is 3.57. The number of thioether (sulfide) groups is 1. The molecule has 1 spiro atoms. The fourth-order valence-electron chi connectivity index (χ4n) is 6.50. The van der Waals surface area contributed by atoms with Gasteiger partial charge in [0.15, 0.2) is 0 Å². The summed E-state index contributed by atoms with van der Waals surface area (Å²) < 4.78 is 12.4. The van der Waals surface area contributed by atoms with E-state index in [1.54, 1.807) is 0 Å². The van der Waals surface area contributed by atoms with E-state index in [0.29, 0.717) is 11.8 Å². The van der Waals surface area contributed by atoms with E-state index in [2.05, 4.69) is 18.7 Å². The molecule has 7 atom stereocenters. The molecular weight excluding hydrogens is 322 g/mol. The van der Waals surface area contributed by atoms with Crippen LogP contribution in [0.2, 0.25) is 0 Å². The third kappa shape index (κ3) is 2.04.